The topological polar surface area (TPSA) is 50.4 Å². The first-order chi connectivity index (χ1) is 8.37. The second kappa shape index (κ2) is 6.53. The van der Waals surface area contributed by atoms with Gasteiger partial charge in [0.1, 0.15) is 0 Å². The number of ether oxygens (including phenoxy) is 1. The first-order valence-electron chi connectivity index (χ1n) is 6.88. The second-order valence-corrected chi connectivity index (χ2v) is 6.58. The lowest BCUT2D eigenvalue weighted by Gasteiger charge is -2.29. The van der Waals surface area contributed by atoms with Crippen molar-refractivity contribution in [1.29, 1.82) is 0 Å². The fourth-order valence-electron chi connectivity index (χ4n) is 2.31. The van der Waals surface area contributed by atoms with Gasteiger partial charge in [-0.15, -0.1) is 0 Å². The van der Waals surface area contributed by atoms with Crippen molar-refractivity contribution >= 4 is 5.91 Å². The highest BCUT2D eigenvalue weighted by molar-refractivity contribution is 5.76. The lowest BCUT2D eigenvalue weighted by molar-refractivity contribution is -0.122. The molecule has 1 aliphatic heterocycles. The van der Waals surface area contributed by atoms with Gasteiger partial charge >= 0.3 is 0 Å². The summed E-state index contributed by atoms with van der Waals surface area (Å²) in [7, 11) is 1.71. The summed E-state index contributed by atoms with van der Waals surface area (Å²) in [6, 6.07) is 0. The molecule has 0 spiro atoms. The normalized spacial score (nSPS) is 24.2. The molecule has 1 heterocycles. The second-order valence-electron chi connectivity index (χ2n) is 6.58. The van der Waals surface area contributed by atoms with Crippen LogP contribution in [0.5, 0.6) is 0 Å². The number of rotatable bonds is 6. The third-order valence-electron chi connectivity index (χ3n) is 3.48. The number of hydrogen-bond donors (Lipinski definition) is 2. The van der Waals surface area contributed by atoms with Crippen LogP contribution in [0.25, 0.3) is 0 Å². The SMILES string of the molecule is COCC1(CNC(=O)CCC(C)(C)C)CCCN1. The Bertz CT molecular complexity index is 265. The fourth-order valence-corrected chi connectivity index (χ4v) is 2.31. The Morgan fingerprint density at radius 3 is 2.67 bits per heavy atom. The van der Waals surface area contributed by atoms with Gasteiger partial charge in [-0.05, 0) is 31.2 Å². The van der Waals surface area contributed by atoms with Gasteiger partial charge in [0.15, 0.2) is 0 Å². The zero-order chi connectivity index (χ0) is 13.6. The molecule has 4 nitrogen and oxygen atoms in total. The van der Waals surface area contributed by atoms with Crippen molar-refractivity contribution in [2.45, 2.75) is 52.0 Å². The maximum absolute atomic E-state index is 11.8. The highest BCUT2D eigenvalue weighted by atomic mass is 16.5. The van der Waals surface area contributed by atoms with Gasteiger partial charge in [-0.25, -0.2) is 0 Å². The summed E-state index contributed by atoms with van der Waals surface area (Å²) in [4.78, 5) is 11.8. The molecule has 0 aromatic rings. The van der Waals surface area contributed by atoms with E-state index in [4.69, 9.17) is 4.74 Å². The summed E-state index contributed by atoms with van der Waals surface area (Å²) in [6.07, 6.45) is 3.75. The van der Waals surface area contributed by atoms with Gasteiger partial charge in [0, 0.05) is 20.1 Å². The van der Waals surface area contributed by atoms with Gasteiger partial charge in [0.05, 0.1) is 12.1 Å². The van der Waals surface area contributed by atoms with E-state index in [2.05, 4.69) is 31.4 Å². The van der Waals surface area contributed by atoms with E-state index < -0.39 is 0 Å². The molecule has 4 heteroatoms. The van der Waals surface area contributed by atoms with Crippen molar-refractivity contribution in [2.24, 2.45) is 5.41 Å². The molecule has 1 unspecified atom stereocenters. The van der Waals surface area contributed by atoms with E-state index in [1.807, 2.05) is 0 Å². The van der Waals surface area contributed by atoms with Gasteiger partial charge < -0.3 is 15.4 Å². The Kier molecular flexibility index (Phi) is 5.60. The maximum atomic E-state index is 11.8. The highest BCUT2D eigenvalue weighted by Gasteiger charge is 2.33. The van der Waals surface area contributed by atoms with Crippen LogP contribution in [0.2, 0.25) is 0 Å². The van der Waals surface area contributed by atoms with Crippen molar-refractivity contribution in [3.05, 3.63) is 0 Å². The average molecular weight is 256 g/mol. The minimum absolute atomic E-state index is 0.0495. The van der Waals surface area contributed by atoms with E-state index in [1.54, 1.807) is 7.11 Å². The van der Waals surface area contributed by atoms with Crippen molar-refractivity contribution in [2.75, 3.05) is 26.8 Å². The molecule has 1 fully saturated rings. The van der Waals surface area contributed by atoms with Crippen molar-refractivity contribution < 1.29 is 9.53 Å². The van der Waals surface area contributed by atoms with Crippen molar-refractivity contribution in [1.82, 2.24) is 10.6 Å². The summed E-state index contributed by atoms with van der Waals surface area (Å²) in [5.41, 5.74) is 0.166. The number of methoxy groups -OCH3 is 1. The standard InChI is InChI=1S/C14H28N2O2/c1-13(2,3)8-6-12(17)15-10-14(11-18-4)7-5-9-16-14/h16H,5-11H2,1-4H3,(H,15,17). The molecule has 0 aromatic heterocycles. The van der Waals surface area contributed by atoms with E-state index in [0.29, 0.717) is 19.6 Å². The molecule has 0 aromatic carbocycles. The van der Waals surface area contributed by atoms with Crippen LogP contribution in [0.3, 0.4) is 0 Å². The number of amides is 1. The van der Waals surface area contributed by atoms with Crippen LogP contribution in [0.4, 0.5) is 0 Å². The molecule has 0 bridgehead atoms. The Hall–Kier alpha value is -0.610. The number of hydrogen-bond acceptors (Lipinski definition) is 3. The Morgan fingerprint density at radius 2 is 2.17 bits per heavy atom. The summed E-state index contributed by atoms with van der Waals surface area (Å²) < 4.78 is 5.26. The van der Waals surface area contributed by atoms with Gasteiger partial charge in [-0.2, -0.15) is 0 Å². The van der Waals surface area contributed by atoms with Crippen LogP contribution in [0.1, 0.15) is 46.5 Å². The minimum Gasteiger partial charge on any atom is -0.383 e. The monoisotopic (exact) mass is 256 g/mol. The molecule has 18 heavy (non-hydrogen) atoms. The molecule has 0 saturated carbocycles. The molecular formula is C14H28N2O2. The van der Waals surface area contributed by atoms with Crippen LogP contribution in [-0.2, 0) is 9.53 Å². The molecule has 1 rings (SSSR count). The zero-order valence-corrected chi connectivity index (χ0v) is 12.3. The summed E-state index contributed by atoms with van der Waals surface area (Å²) in [5.74, 6) is 0.147. The van der Waals surface area contributed by atoms with Crippen LogP contribution in [-0.4, -0.2) is 38.3 Å². The third kappa shape index (κ3) is 5.36. The third-order valence-corrected chi connectivity index (χ3v) is 3.48. The van der Waals surface area contributed by atoms with Crippen LogP contribution >= 0.6 is 0 Å². The van der Waals surface area contributed by atoms with Crippen molar-refractivity contribution in [3.63, 3.8) is 0 Å². The fraction of sp³-hybridized carbons (Fsp3) is 0.929. The average Bonchev–Trinajstić information content (AvgIpc) is 2.72. The molecule has 1 atom stereocenters. The zero-order valence-electron chi connectivity index (χ0n) is 12.3. The van der Waals surface area contributed by atoms with Gasteiger partial charge in [-0.3, -0.25) is 4.79 Å². The number of nitrogens with one attached hydrogen (secondary N) is 2. The summed E-state index contributed by atoms with van der Waals surface area (Å²) >= 11 is 0. The Balaban J connectivity index is 2.32. The van der Waals surface area contributed by atoms with Crippen molar-refractivity contribution in [3.8, 4) is 0 Å². The molecule has 0 radical (unpaired) electrons. The smallest absolute Gasteiger partial charge is 0.220 e. The molecule has 2 N–H and O–H groups in total. The van der Waals surface area contributed by atoms with E-state index >= 15 is 0 Å². The number of carbonyl (C=O) groups is 1. The Morgan fingerprint density at radius 1 is 1.44 bits per heavy atom. The highest BCUT2D eigenvalue weighted by Crippen LogP contribution is 2.21. The maximum Gasteiger partial charge on any atom is 0.220 e. The largest absolute Gasteiger partial charge is 0.383 e. The van der Waals surface area contributed by atoms with E-state index in [1.165, 1.54) is 0 Å². The first kappa shape index (κ1) is 15.4. The Labute approximate surface area is 111 Å². The summed E-state index contributed by atoms with van der Waals surface area (Å²) in [6.45, 7) is 8.82. The molecule has 1 saturated heterocycles. The first-order valence-corrected chi connectivity index (χ1v) is 6.88. The van der Waals surface area contributed by atoms with Gasteiger partial charge in [0.25, 0.3) is 0 Å². The molecule has 1 amide bonds. The van der Waals surface area contributed by atoms with E-state index in [-0.39, 0.29) is 16.9 Å². The molecule has 1 aliphatic rings. The quantitative estimate of drug-likeness (QED) is 0.760. The van der Waals surface area contributed by atoms with Crippen LogP contribution in [0, 0.1) is 5.41 Å². The van der Waals surface area contributed by atoms with E-state index in [9.17, 15) is 4.79 Å². The molecule has 0 aliphatic carbocycles. The lowest BCUT2D eigenvalue weighted by atomic mass is 9.90. The molecular weight excluding hydrogens is 228 g/mol. The predicted octanol–water partition coefficient (Wildman–Crippen LogP) is 1.70. The molecule has 106 valence electrons. The minimum atomic E-state index is -0.0495. The number of carbonyl (C=O) groups excluding carboxylic acids is 1. The van der Waals surface area contributed by atoms with Gasteiger partial charge in [-0.1, -0.05) is 20.8 Å². The van der Waals surface area contributed by atoms with Crippen LogP contribution in [0.15, 0.2) is 0 Å². The lowest BCUT2D eigenvalue weighted by Crippen LogP contribution is -2.53. The van der Waals surface area contributed by atoms with Gasteiger partial charge in [0.2, 0.25) is 5.91 Å². The van der Waals surface area contributed by atoms with E-state index in [0.717, 1.165) is 25.8 Å². The van der Waals surface area contributed by atoms with Crippen LogP contribution < -0.4 is 10.6 Å². The predicted molar refractivity (Wildman–Crippen MR) is 73.5 cm³/mol. The summed E-state index contributed by atoms with van der Waals surface area (Å²) in [5, 5.41) is 6.50.